The van der Waals surface area contributed by atoms with Crippen LogP contribution in [-0.2, 0) is 0 Å². The van der Waals surface area contributed by atoms with E-state index in [2.05, 4.69) is 22.7 Å². The van der Waals surface area contributed by atoms with Crippen molar-refractivity contribution in [3.05, 3.63) is 47.2 Å². The van der Waals surface area contributed by atoms with Crippen molar-refractivity contribution in [1.29, 1.82) is 0 Å². The first-order valence-corrected chi connectivity index (χ1v) is 7.83. The molecule has 0 aliphatic carbocycles. The SMILES string of the molecule is CC1CCNCC1NC(=O)c1cnn(-c2ccc(Cl)cc2)c1. The zero-order chi connectivity index (χ0) is 15.5. The monoisotopic (exact) mass is 318 g/mol. The lowest BCUT2D eigenvalue weighted by Gasteiger charge is -2.30. The molecule has 1 aliphatic heterocycles. The Morgan fingerprint density at radius 2 is 2.18 bits per heavy atom. The van der Waals surface area contributed by atoms with Gasteiger partial charge in [-0.1, -0.05) is 18.5 Å². The van der Waals surface area contributed by atoms with E-state index in [1.54, 1.807) is 29.2 Å². The standard InChI is InChI=1S/C16H19ClN4O/c1-11-6-7-18-9-15(11)20-16(22)12-8-19-21(10-12)14-4-2-13(17)3-5-14/h2-5,8,10-11,15,18H,6-7,9H2,1H3,(H,20,22). The number of amides is 1. The maximum Gasteiger partial charge on any atom is 0.254 e. The fraction of sp³-hybridized carbons (Fsp3) is 0.375. The number of rotatable bonds is 3. The van der Waals surface area contributed by atoms with Gasteiger partial charge in [-0.3, -0.25) is 4.79 Å². The van der Waals surface area contributed by atoms with Gasteiger partial charge in [-0.15, -0.1) is 0 Å². The first-order chi connectivity index (χ1) is 10.6. The third-order valence-electron chi connectivity index (χ3n) is 4.08. The second kappa shape index (κ2) is 6.50. The zero-order valence-corrected chi connectivity index (χ0v) is 13.2. The molecule has 1 fully saturated rings. The third-order valence-corrected chi connectivity index (χ3v) is 4.33. The Morgan fingerprint density at radius 1 is 1.41 bits per heavy atom. The summed E-state index contributed by atoms with van der Waals surface area (Å²) < 4.78 is 1.67. The van der Waals surface area contributed by atoms with Crippen LogP contribution < -0.4 is 10.6 Å². The van der Waals surface area contributed by atoms with Gasteiger partial charge in [0.2, 0.25) is 0 Å². The summed E-state index contributed by atoms with van der Waals surface area (Å²) in [4.78, 5) is 12.3. The molecule has 116 valence electrons. The van der Waals surface area contributed by atoms with Crippen molar-refractivity contribution in [3.8, 4) is 5.69 Å². The fourth-order valence-electron chi connectivity index (χ4n) is 2.61. The van der Waals surface area contributed by atoms with Crippen LogP contribution in [-0.4, -0.2) is 34.8 Å². The molecule has 0 bridgehead atoms. The maximum absolute atomic E-state index is 12.3. The number of nitrogens with zero attached hydrogens (tertiary/aromatic N) is 2. The van der Waals surface area contributed by atoms with Crippen molar-refractivity contribution in [2.75, 3.05) is 13.1 Å². The Hall–Kier alpha value is -1.85. The number of piperidine rings is 1. The number of carbonyl (C=O) groups excluding carboxylic acids is 1. The number of aromatic nitrogens is 2. The van der Waals surface area contributed by atoms with Gasteiger partial charge < -0.3 is 10.6 Å². The summed E-state index contributed by atoms with van der Waals surface area (Å²) in [7, 11) is 0. The average molecular weight is 319 g/mol. The van der Waals surface area contributed by atoms with E-state index in [1.807, 2.05) is 12.1 Å². The van der Waals surface area contributed by atoms with Crippen molar-refractivity contribution < 1.29 is 4.79 Å². The normalized spacial score (nSPS) is 21.5. The molecule has 2 aromatic rings. The highest BCUT2D eigenvalue weighted by Crippen LogP contribution is 2.15. The van der Waals surface area contributed by atoms with Gasteiger partial charge in [0.05, 0.1) is 17.4 Å². The van der Waals surface area contributed by atoms with Crippen LogP contribution in [0.15, 0.2) is 36.7 Å². The third kappa shape index (κ3) is 3.31. The highest BCUT2D eigenvalue weighted by Gasteiger charge is 2.23. The number of nitrogens with one attached hydrogen (secondary N) is 2. The molecule has 0 saturated carbocycles. The minimum Gasteiger partial charge on any atom is -0.348 e. The highest BCUT2D eigenvalue weighted by molar-refractivity contribution is 6.30. The zero-order valence-electron chi connectivity index (χ0n) is 12.4. The molecule has 5 nitrogen and oxygen atoms in total. The van der Waals surface area contributed by atoms with E-state index in [9.17, 15) is 4.79 Å². The first-order valence-electron chi connectivity index (χ1n) is 7.45. The average Bonchev–Trinajstić information content (AvgIpc) is 3.00. The molecule has 1 saturated heterocycles. The Labute approximate surface area is 134 Å². The van der Waals surface area contributed by atoms with Gasteiger partial charge in [-0.2, -0.15) is 5.10 Å². The molecular formula is C16H19ClN4O. The van der Waals surface area contributed by atoms with Gasteiger partial charge in [0.25, 0.3) is 5.91 Å². The van der Waals surface area contributed by atoms with Crippen LogP contribution in [0, 0.1) is 5.92 Å². The molecule has 3 rings (SSSR count). The molecule has 0 spiro atoms. The summed E-state index contributed by atoms with van der Waals surface area (Å²) >= 11 is 5.88. The first kappa shape index (κ1) is 15.1. The molecule has 2 heterocycles. The second-order valence-corrected chi connectivity index (χ2v) is 6.14. The topological polar surface area (TPSA) is 58.9 Å². The van der Waals surface area contributed by atoms with Gasteiger partial charge in [0.1, 0.15) is 0 Å². The molecule has 0 radical (unpaired) electrons. The summed E-state index contributed by atoms with van der Waals surface area (Å²) in [6.07, 6.45) is 4.40. The van der Waals surface area contributed by atoms with Crippen LogP contribution in [0.5, 0.6) is 0 Å². The van der Waals surface area contributed by atoms with Crippen molar-refractivity contribution in [3.63, 3.8) is 0 Å². The van der Waals surface area contributed by atoms with Crippen molar-refractivity contribution in [2.24, 2.45) is 5.92 Å². The van der Waals surface area contributed by atoms with Gasteiger partial charge in [0, 0.05) is 23.8 Å². The molecule has 1 amide bonds. The quantitative estimate of drug-likeness (QED) is 0.912. The Bertz CT molecular complexity index is 652. The number of carbonyl (C=O) groups is 1. The van der Waals surface area contributed by atoms with E-state index in [0.717, 1.165) is 25.2 Å². The van der Waals surface area contributed by atoms with Crippen LogP contribution in [0.4, 0.5) is 0 Å². The van der Waals surface area contributed by atoms with E-state index in [-0.39, 0.29) is 11.9 Å². The van der Waals surface area contributed by atoms with Gasteiger partial charge in [-0.25, -0.2) is 4.68 Å². The predicted octanol–water partition coefficient (Wildman–Crippen LogP) is 2.25. The molecule has 1 aromatic heterocycles. The molecule has 6 heteroatoms. The Morgan fingerprint density at radius 3 is 2.91 bits per heavy atom. The van der Waals surface area contributed by atoms with Gasteiger partial charge in [-0.05, 0) is 43.1 Å². The summed E-state index contributed by atoms with van der Waals surface area (Å²) in [5, 5.41) is 11.3. The van der Waals surface area contributed by atoms with Crippen LogP contribution in [0.3, 0.4) is 0 Å². The Kier molecular flexibility index (Phi) is 4.45. The van der Waals surface area contributed by atoms with E-state index in [4.69, 9.17) is 11.6 Å². The Balaban J connectivity index is 1.70. The minimum atomic E-state index is -0.0826. The van der Waals surface area contributed by atoms with E-state index in [0.29, 0.717) is 16.5 Å². The number of halogens is 1. The minimum absolute atomic E-state index is 0.0826. The van der Waals surface area contributed by atoms with Crippen LogP contribution in [0.1, 0.15) is 23.7 Å². The number of benzene rings is 1. The summed E-state index contributed by atoms with van der Waals surface area (Å²) in [5.41, 5.74) is 1.43. The summed E-state index contributed by atoms with van der Waals surface area (Å²) in [6, 6.07) is 7.50. The molecule has 2 unspecified atom stereocenters. The molecule has 2 atom stereocenters. The summed E-state index contributed by atoms with van der Waals surface area (Å²) in [5.74, 6) is 0.400. The van der Waals surface area contributed by atoms with Crippen molar-refractivity contribution >= 4 is 17.5 Å². The van der Waals surface area contributed by atoms with Crippen molar-refractivity contribution in [2.45, 2.75) is 19.4 Å². The van der Waals surface area contributed by atoms with E-state index in [1.165, 1.54) is 0 Å². The van der Waals surface area contributed by atoms with Gasteiger partial charge >= 0.3 is 0 Å². The van der Waals surface area contributed by atoms with E-state index < -0.39 is 0 Å². The molecule has 22 heavy (non-hydrogen) atoms. The second-order valence-electron chi connectivity index (χ2n) is 5.70. The molecule has 2 N–H and O–H groups in total. The molecule has 1 aromatic carbocycles. The lowest BCUT2D eigenvalue weighted by atomic mass is 9.94. The van der Waals surface area contributed by atoms with Crippen LogP contribution in [0.25, 0.3) is 5.69 Å². The largest absolute Gasteiger partial charge is 0.348 e. The fourth-order valence-corrected chi connectivity index (χ4v) is 2.74. The number of hydrogen-bond donors (Lipinski definition) is 2. The highest BCUT2D eigenvalue weighted by atomic mass is 35.5. The smallest absolute Gasteiger partial charge is 0.254 e. The maximum atomic E-state index is 12.3. The van der Waals surface area contributed by atoms with E-state index >= 15 is 0 Å². The van der Waals surface area contributed by atoms with Crippen LogP contribution in [0.2, 0.25) is 5.02 Å². The molecule has 1 aliphatic rings. The predicted molar refractivity (Wildman–Crippen MR) is 86.5 cm³/mol. The molecular weight excluding hydrogens is 300 g/mol. The van der Waals surface area contributed by atoms with Gasteiger partial charge in [0.15, 0.2) is 0 Å². The van der Waals surface area contributed by atoms with Crippen molar-refractivity contribution in [1.82, 2.24) is 20.4 Å². The van der Waals surface area contributed by atoms with Crippen LogP contribution >= 0.6 is 11.6 Å². The summed E-state index contributed by atoms with van der Waals surface area (Å²) in [6.45, 7) is 4.00. The number of hydrogen-bond acceptors (Lipinski definition) is 3. The lowest BCUT2D eigenvalue weighted by molar-refractivity contribution is 0.0915. The lowest BCUT2D eigenvalue weighted by Crippen LogP contribution is -2.50.